The monoisotopic (exact) mass is 260 g/mol. The van der Waals surface area contributed by atoms with E-state index in [0.29, 0.717) is 6.54 Å². The van der Waals surface area contributed by atoms with Crippen molar-refractivity contribution in [1.29, 1.82) is 0 Å². The number of nitrogens with two attached hydrogens (primary N) is 1. The number of rotatable bonds is 5. The summed E-state index contributed by atoms with van der Waals surface area (Å²) in [7, 11) is 0. The maximum absolute atomic E-state index is 6.24. The highest BCUT2D eigenvalue weighted by atomic mass is 35.5. The fourth-order valence-electron chi connectivity index (χ4n) is 1.95. The maximum Gasteiger partial charge on any atom is 0.0639 e. The van der Waals surface area contributed by atoms with E-state index in [0.717, 1.165) is 23.8 Å². The summed E-state index contributed by atoms with van der Waals surface area (Å²) in [6.07, 6.45) is 0. The highest BCUT2D eigenvalue weighted by Crippen LogP contribution is 2.26. The molecular formula is C15H17ClN2. The number of nitrogens with zero attached hydrogens (tertiary/aromatic N) is 1. The van der Waals surface area contributed by atoms with Gasteiger partial charge in [-0.3, -0.25) is 0 Å². The van der Waals surface area contributed by atoms with E-state index in [4.69, 9.17) is 17.3 Å². The zero-order valence-electron chi connectivity index (χ0n) is 10.2. The van der Waals surface area contributed by atoms with Gasteiger partial charge in [-0.1, -0.05) is 54.1 Å². The second kappa shape index (κ2) is 6.43. The molecule has 2 aromatic rings. The van der Waals surface area contributed by atoms with E-state index < -0.39 is 0 Å². The Bertz CT molecular complexity index is 485. The van der Waals surface area contributed by atoms with Gasteiger partial charge in [-0.25, -0.2) is 0 Å². The lowest BCUT2D eigenvalue weighted by Crippen LogP contribution is -2.29. The van der Waals surface area contributed by atoms with Crippen LogP contribution in [0.25, 0.3) is 0 Å². The summed E-state index contributed by atoms with van der Waals surface area (Å²) in [5.41, 5.74) is 7.98. The Balaban J connectivity index is 2.21. The molecule has 0 unspecified atom stereocenters. The molecule has 0 fully saturated rings. The van der Waals surface area contributed by atoms with E-state index in [-0.39, 0.29) is 0 Å². The van der Waals surface area contributed by atoms with E-state index >= 15 is 0 Å². The van der Waals surface area contributed by atoms with E-state index in [1.807, 2.05) is 42.5 Å². The van der Waals surface area contributed by atoms with Gasteiger partial charge in [0.25, 0.3) is 0 Å². The molecule has 2 nitrogen and oxygen atoms in total. The lowest BCUT2D eigenvalue weighted by atomic mass is 10.2. The second-order valence-corrected chi connectivity index (χ2v) is 4.55. The molecule has 0 aliphatic rings. The molecule has 2 rings (SSSR count). The van der Waals surface area contributed by atoms with Gasteiger partial charge in [0.2, 0.25) is 0 Å². The summed E-state index contributed by atoms with van der Waals surface area (Å²) in [4.78, 5) is 2.21. The molecule has 3 heteroatoms. The van der Waals surface area contributed by atoms with Crippen molar-refractivity contribution in [2.24, 2.45) is 5.73 Å². The van der Waals surface area contributed by atoms with Crippen molar-refractivity contribution in [2.75, 3.05) is 18.0 Å². The van der Waals surface area contributed by atoms with Gasteiger partial charge < -0.3 is 10.6 Å². The van der Waals surface area contributed by atoms with Crippen molar-refractivity contribution < 1.29 is 0 Å². The molecule has 0 atom stereocenters. The van der Waals surface area contributed by atoms with Crippen LogP contribution in [0.3, 0.4) is 0 Å². The Morgan fingerprint density at radius 1 is 0.944 bits per heavy atom. The molecule has 0 saturated carbocycles. The molecule has 2 N–H and O–H groups in total. The zero-order chi connectivity index (χ0) is 12.8. The maximum atomic E-state index is 6.24. The third-order valence-corrected chi connectivity index (χ3v) is 3.13. The number of halogens is 1. The van der Waals surface area contributed by atoms with Crippen LogP contribution in [0.1, 0.15) is 5.56 Å². The van der Waals surface area contributed by atoms with Crippen molar-refractivity contribution in [2.45, 2.75) is 6.54 Å². The Morgan fingerprint density at radius 2 is 1.61 bits per heavy atom. The highest BCUT2D eigenvalue weighted by Gasteiger charge is 2.09. The van der Waals surface area contributed by atoms with Crippen LogP contribution in [-0.2, 0) is 6.54 Å². The molecule has 0 heterocycles. The van der Waals surface area contributed by atoms with Crippen LogP contribution in [-0.4, -0.2) is 13.1 Å². The van der Waals surface area contributed by atoms with Gasteiger partial charge in [0.1, 0.15) is 0 Å². The molecule has 0 spiro atoms. The van der Waals surface area contributed by atoms with Crippen molar-refractivity contribution >= 4 is 17.3 Å². The van der Waals surface area contributed by atoms with Crippen LogP contribution in [0, 0.1) is 0 Å². The van der Waals surface area contributed by atoms with E-state index in [1.54, 1.807) is 0 Å². The van der Waals surface area contributed by atoms with E-state index in [9.17, 15) is 0 Å². The second-order valence-electron chi connectivity index (χ2n) is 4.15. The summed E-state index contributed by atoms with van der Waals surface area (Å²) in [6, 6.07) is 18.2. The van der Waals surface area contributed by atoms with Crippen molar-refractivity contribution in [3.05, 3.63) is 65.2 Å². The fourth-order valence-corrected chi connectivity index (χ4v) is 2.21. The van der Waals surface area contributed by atoms with Gasteiger partial charge >= 0.3 is 0 Å². The molecule has 18 heavy (non-hydrogen) atoms. The molecule has 0 saturated heterocycles. The largest absolute Gasteiger partial charge is 0.365 e. The normalized spacial score (nSPS) is 10.3. The van der Waals surface area contributed by atoms with Gasteiger partial charge in [-0.2, -0.15) is 0 Å². The quantitative estimate of drug-likeness (QED) is 0.894. The third kappa shape index (κ3) is 3.25. The van der Waals surface area contributed by atoms with Crippen molar-refractivity contribution in [1.82, 2.24) is 0 Å². The van der Waals surface area contributed by atoms with Crippen LogP contribution < -0.4 is 10.6 Å². The number of hydrogen-bond acceptors (Lipinski definition) is 2. The summed E-state index contributed by atoms with van der Waals surface area (Å²) in [5.74, 6) is 0. The third-order valence-electron chi connectivity index (χ3n) is 2.81. The first-order chi connectivity index (χ1) is 8.81. The van der Waals surface area contributed by atoms with Crippen molar-refractivity contribution in [3.63, 3.8) is 0 Å². The predicted molar refractivity (Wildman–Crippen MR) is 78.0 cm³/mol. The average Bonchev–Trinajstić information content (AvgIpc) is 2.40. The van der Waals surface area contributed by atoms with Crippen LogP contribution in [0.5, 0.6) is 0 Å². The fraction of sp³-hybridized carbons (Fsp3) is 0.200. The molecule has 94 valence electrons. The highest BCUT2D eigenvalue weighted by molar-refractivity contribution is 6.33. The summed E-state index contributed by atoms with van der Waals surface area (Å²) in [5, 5.41) is 0.766. The smallest absolute Gasteiger partial charge is 0.0639 e. The molecule has 0 radical (unpaired) electrons. The minimum Gasteiger partial charge on any atom is -0.365 e. The predicted octanol–water partition coefficient (Wildman–Crippen LogP) is 3.31. The zero-order valence-corrected chi connectivity index (χ0v) is 11.0. The van der Waals surface area contributed by atoms with Crippen molar-refractivity contribution in [3.8, 4) is 0 Å². The standard InChI is InChI=1S/C15H17ClN2/c16-14-8-4-5-9-15(14)18(11-10-17)12-13-6-2-1-3-7-13/h1-9H,10-12,17H2. The van der Waals surface area contributed by atoms with Gasteiger partial charge in [0.05, 0.1) is 10.7 Å². The number of hydrogen-bond donors (Lipinski definition) is 1. The average molecular weight is 261 g/mol. The molecule has 0 aromatic heterocycles. The number of para-hydroxylation sites is 1. The topological polar surface area (TPSA) is 29.3 Å². The lowest BCUT2D eigenvalue weighted by molar-refractivity contribution is 0.790. The number of benzene rings is 2. The van der Waals surface area contributed by atoms with Crippen LogP contribution in [0.2, 0.25) is 5.02 Å². The van der Waals surface area contributed by atoms with E-state index in [1.165, 1.54) is 5.56 Å². The van der Waals surface area contributed by atoms with Gasteiger partial charge in [-0.15, -0.1) is 0 Å². The SMILES string of the molecule is NCCN(Cc1ccccc1)c1ccccc1Cl. The minimum atomic E-state index is 0.609. The van der Waals surface area contributed by atoms with Crippen LogP contribution in [0.4, 0.5) is 5.69 Å². The Labute approximate surface area is 113 Å². The Hall–Kier alpha value is -1.51. The summed E-state index contributed by atoms with van der Waals surface area (Å²) < 4.78 is 0. The van der Waals surface area contributed by atoms with Crippen LogP contribution >= 0.6 is 11.6 Å². The van der Waals surface area contributed by atoms with Gasteiger partial charge in [0.15, 0.2) is 0 Å². The molecule has 0 bridgehead atoms. The Morgan fingerprint density at radius 3 is 2.28 bits per heavy atom. The van der Waals surface area contributed by atoms with Crippen LogP contribution in [0.15, 0.2) is 54.6 Å². The molecule has 0 aliphatic carbocycles. The minimum absolute atomic E-state index is 0.609. The summed E-state index contributed by atoms with van der Waals surface area (Å²) >= 11 is 6.24. The number of anilines is 1. The Kier molecular flexibility index (Phi) is 4.62. The first-order valence-electron chi connectivity index (χ1n) is 6.04. The molecule has 0 aliphatic heterocycles. The first kappa shape index (κ1) is 12.9. The first-order valence-corrected chi connectivity index (χ1v) is 6.42. The molecule has 0 amide bonds. The summed E-state index contributed by atoms with van der Waals surface area (Å²) in [6.45, 7) is 2.22. The molecule has 2 aromatic carbocycles. The van der Waals surface area contributed by atoms with Gasteiger partial charge in [0, 0.05) is 19.6 Å². The van der Waals surface area contributed by atoms with E-state index in [2.05, 4.69) is 17.0 Å². The van der Waals surface area contributed by atoms with Gasteiger partial charge in [-0.05, 0) is 17.7 Å². The molecular weight excluding hydrogens is 244 g/mol. The lowest BCUT2D eigenvalue weighted by Gasteiger charge is -2.25.